The molecule has 0 saturated heterocycles. The number of nitrogens with one attached hydrogen (secondary N) is 1. The molecule has 0 radical (unpaired) electrons. The lowest BCUT2D eigenvalue weighted by molar-refractivity contribution is -0.000334. The van der Waals surface area contributed by atoms with Gasteiger partial charge in [-0.15, -0.1) is 11.6 Å². The predicted octanol–water partition coefficient (Wildman–Crippen LogP) is -0.934. The Kier molecular flexibility index (Phi) is 4.93. The normalized spacial score (nSPS) is 16.8. The first-order chi connectivity index (χ1) is 4.74. The summed E-state index contributed by atoms with van der Waals surface area (Å²) in [5, 5.41) is 8.80. The molecule has 0 aliphatic carbocycles. The first-order valence-electron chi connectivity index (χ1n) is 2.91. The lowest BCUT2D eigenvalue weighted by atomic mass is 10.1. The molecule has 4 N–H and O–H groups in total. The number of hydroxylamine groups is 1. The van der Waals surface area contributed by atoms with Crippen molar-refractivity contribution in [3.8, 4) is 0 Å². The molecule has 0 fully saturated rings. The van der Waals surface area contributed by atoms with Crippen molar-refractivity contribution < 1.29 is 9.94 Å². The zero-order valence-corrected chi connectivity index (χ0v) is 6.69. The SMILES string of the molecule is CONC(CN)(CO)CCl. The third-order valence-corrected chi connectivity index (χ3v) is 1.78. The Labute approximate surface area is 65.3 Å². The maximum Gasteiger partial charge on any atom is 0.0918 e. The van der Waals surface area contributed by atoms with Crippen molar-refractivity contribution in [2.24, 2.45) is 5.73 Å². The number of rotatable bonds is 5. The summed E-state index contributed by atoms with van der Waals surface area (Å²) in [5.41, 5.74) is 7.17. The highest BCUT2D eigenvalue weighted by Gasteiger charge is 2.26. The molecule has 0 saturated carbocycles. The molecule has 4 nitrogen and oxygen atoms in total. The van der Waals surface area contributed by atoms with E-state index in [2.05, 4.69) is 10.3 Å². The van der Waals surface area contributed by atoms with E-state index >= 15 is 0 Å². The van der Waals surface area contributed by atoms with Crippen LogP contribution in [0.3, 0.4) is 0 Å². The number of aliphatic hydroxyl groups is 1. The van der Waals surface area contributed by atoms with E-state index in [1.807, 2.05) is 0 Å². The van der Waals surface area contributed by atoms with E-state index in [4.69, 9.17) is 22.4 Å². The average Bonchev–Trinajstić information content (AvgIpc) is 2.01. The number of hydrogen-bond acceptors (Lipinski definition) is 4. The lowest BCUT2D eigenvalue weighted by Crippen LogP contribution is -2.55. The van der Waals surface area contributed by atoms with Crippen LogP contribution in [0.15, 0.2) is 0 Å². The maximum absolute atomic E-state index is 8.80. The summed E-state index contributed by atoms with van der Waals surface area (Å²) in [6.07, 6.45) is 0. The summed E-state index contributed by atoms with van der Waals surface area (Å²) < 4.78 is 0. The molecule has 1 atom stereocenters. The van der Waals surface area contributed by atoms with Crippen molar-refractivity contribution in [1.29, 1.82) is 0 Å². The van der Waals surface area contributed by atoms with Gasteiger partial charge in [-0.2, -0.15) is 5.48 Å². The molecule has 0 aliphatic heterocycles. The van der Waals surface area contributed by atoms with Gasteiger partial charge in [-0.3, -0.25) is 0 Å². The van der Waals surface area contributed by atoms with Gasteiger partial charge < -0.3 is 15.7 Å². The van der Waals surface area contributed by atoms with Crippen LogP contribution in [0.4, 0.5) is 0 Å². The second-order valence-corrected chi connectivity index (χ2v) is 2.35. The molecule has 0 bridgehead atoms. The first-order valence-corrected chi connectivity index (χ1v) is 3.45. The van der Waals surface area contributed by atoms with E-state index < -0.39 is 5.54 Å². The molecule has 62 valence electrons. The standard InChI is InChI=1S/C5H13ClN2O2/c1-10-8-5(2-6,3-7)4-9/h8-9H,2-4,7H2,1H3. The van der Waals surface area contributed by atoms with Gasteiger partial charge in [0.25, 0.3) is 0 Å². The van der Waals surface area contributed by atoms with Crippen LogP contribution in [0, 0.1) is 0 Å². The van der Waals surface area contributed by atoms with Gasteiger partial charge in [0.2, 0.25) is 0 Å². The van der Waals surface area contributed by atoms with Gasteiger partial charge in [-0.05, 0) is 0 Å². The summed E-state index contributed by atoms with van der Waals surface area (Å²) in [7, 11) is 1.45. The predicted molar refractivity (Wildman–Crippen MR) is 39.7 cm³/mol. The fourth-order valence-corrected chi connectivity index (χ4v) is 0.727. The summed E-state index contributed by atoms with van der Waals surface area (Å²) in [4.78, 5) is 4.61. The van der Waals surface area contributed by atoms with E-state index in [1.54, 1.807) is 0 Å². The number of aliphatic hydroxyl groups excluding tert-OH is 1. The molecule has 0 aliphatic rings. The molecule has 0 aromatic carbocycles. The average molecular weight is 169 g/mol. The van der Waals surface area contributed by atoms with E-state index in [1.165, 1.54) is 7.11 Å². The zero-order valence-electron chi connectivity index (χ0n) is 5.93. The van der Waals surface area contributed by atoms with Gasteiger partial charge in [0, 0.05) is 12.4 Å². The number of hydrogen-bond donors (Lipinski definition) is 3. The molecule has 0 aromatic rings. The Morgan fingerprint density at radius 3 is 2.50 bits per heavy atom. The van der Waals surface area contributed by atoms with Gasteiger partial charge in [0.05, 0.1) is 19.3 Å². The Balaban J connectivity index is 3.87. The Morgan fingerprint density at radius 1 is 1.80 bits per heavy atom. The minimum atomic E-state index is -0.698. The van der Waals surface area contributed by atoms with Gasteiger partial charge >= 0.3 is 0 Å². The number of halogens is 1. The van der Waals surface area contributed by atoms with E-state index in [-0.39, 0.29) is 19.0 Å². The molecule has 0 rings (SSSR count). The minimum Gasteiger partial charge on any atom is -0.394 e. The van der Waals surface area contributed by atoms with Crippen molar-refractivity contribution in [1.82, 2.24) is 5.48 Å². The fourth-order valence-electron chi connectivity index (χ4n) is 0.479. The molecule has 5 heteroatoms. The van der Waals surface area contributed by atoms with Crippen LogP contribution < -0.4 is 11.2 Å². The van der Waals surface area contributed by atoms with Gasteiger partial charge in [0.1, 0.15) is 0 Å². The summed E-state index contributed by atoms with van der Waals surface area (Å²) in [6, 6.07) is 0. The second-order valence-electron chi connectivity index (χ2n) is 2.08. The fraction of sp³-hybridized carbons (Fsp3) is 1.00. The van der Waals surface area contributed by atoms with Crippen LogP contribution in [0.25, 0.3) is 0 Å². The smallest absolute Gasteiger partial charge is 0.0918 e. The highest BCUT2D eigenvalue weighted by atomic mass is 35.5. The summed E-state index contributed by atoms with van der Waals surface area (Å²) in [5.74, 6) is 0.216. The van der Waals surface area contributed by atoms with Crippen LogP contribution in [-0.2, 0) is 4.84 Å². The highest BCUT2D eigenvalue weighted by Crippen LogP contribution is 2.03. The Bertz CT molecular complexity index is 79.5. The van der Waals surface area contributed by atoms with Gasteiger partial charge in [-0.25, -0.2) is 0 Å². The van der Waals surface area contributed by atoms with Crippen LogP contribution in [0.1, 0.15) is 0 Å². The van der Waals surface area contributed by atoms with Crippen molar-refractivity contribution >= 4 is 11.6 Å². The zero-order chi connectivity index (χ0) is 8.04. The molecule has 0 aromatic heterocycles. The van der Waals surface area contributed by atoms with Crippen molar-refractivity contribution in [3.63, 3.8) is 0 Å². The van der Waals surface area contributed by atoms with Crippen molar-refractivity contribution in [2.45, 2.75) is 5.54 Å². The highest BCUT2D eigenvalue weighted by molar-refractivity contribution is 6.18. The summed E-state index contributed by atoms with van der Waals surface area (Å²) >= 11 is 5.52. The minimum absolute atomic E-state index is 0.138. The molecular formula is C5H13ClN2O2. The monoisotopic (exact) mass is 168 g/mol. The third kappa shape index (κ3) is 2.40. The second kappa shape index (κ2) is 4.87. The van der Waals surface area contributed by atoms with Gasteiger partial charge in [-0.1, -0.05) is 0 Å². The van der Waals surface area contributed by atoms with Crippen LogP contribution in [-0.4, -0.2) is 36.8 Å². The van der Waals surface area contributed by atoms with Crippen LogP contribution in [0.5, 0.6) is 0 Å². The number of alkyl halides is 1. The van der Waals surface area contributed by atoms with Crippen LogP contribution in [0.2, 0.25) is 0 Å². The van der Waals surface area contributed by atoms with Crippen molar-refractivity contribution in [2.75, 3.05) is 26.1 Å². The molecule has 1 unspecified atom stereocenters. The Morgan fingerprint density at radius 2 is 2.40 bits per heavy atom. The maximum atomic E-state index is 8.80. The number of nitrogens with two attached hydrogens (primary N) is 1. The molecular weight excluding hydrogens is 156 g/mol. The van der Waals surface area contributed by atoms with Crippen LogP contribution >= 0.6 is 11.6 Å². The Hall–Kier alpha value is 0.130. The molecule has 0 heterocycles. The third-order valence-electron chi connectivity index (χ3n) is 1.27. The molecule has 0 amide bonds. The van der Waals surface area contributed by atoms with E-state index in [0.717, 1.165) is 0 Å². The molecule has 0 spiro atoms. The lowest BCUT2D eigenvalue weighted by Gasteiger charge is -2.27. The van der Waals surface area contributed by atoms with E-state index in [9.17, 15) is 0 Å². The quantitative estimate of drug-likeness (QED) is 0.367. The van der Waals surface area contributed by atoms with Crippen molar-refractivity contribution in [3.05, 3.63) is 0 Å². The molecule has 10 heavy (non-hydrogen) atoms. The largest absolute Gasteiger partial charge is 0.394 e. The summed E-state index contributed by atoms with van der Waals surface area (Å²) in [6.45, 7) is 0.0989. The first kappa shape index (κ1) is 10.1. The van der Waals surface area contributed by atoms with E-state index in [0.29, 0.717) is 0 Å². The van der Waals surface area contributed by atoms with Gasteiger partial charge in [0.15, 0.2) is 0 Å². The topological polar surface area (TPSA) is 67.5 Å².